The summed E-state index contributed by atoms with van der Waals surface area (Å²) in [5, 5.41) is 8.37. The molecule has 2 aliphatic heterocycles. The molecule has 9 heteroatoms. The molecule has 0 N–H and O–H groups in total. The minimum atomic E-state index is -3.32. The van der Waals surface area contributed by atoms with Gasteiger partial charge in [-0.2, -0.15) is 17.0 Å². The summed E-state index contributed by atoms with van der Waals surface area (Å²) < 4.78 is 38.6. The molecule has 1 atom stereocenters. The van der Waals surface area contributed by atoms with Crippen molar-refractivity contribution in [1.29, 1.82) is 0 Å². The Hall–Kier alpha value is -1.03. The van der Waals surface area contributed by atoms with E-state index in [0.717, 1.165) is 51.2 Å². The lowest BCUT2D eigenvalue weighted by molar-refractivity contribution is 0.0791. The second-order valence-electron chi connectivity index (χ2n) is 7.12. The first-order chi connectivity index (χ1) is 12.0. The van der Waals surface area contributed by atoms with E-state index in [2.05, 4.69) is 10.2 Å². The van der Waals surface area contributed by atoms with Gasteiger partial charge in [-0.3, -0.25) is 0 Å². The molecule has 1 aromatic heterocycles. The number of hydrogen-bond acceptors (Lipinski definition) is 6. The van der Waals surface area contributed by atoms with E-state index >= 15 is 0 Å². The molecule has 0 amide bonds. The summed E-state index contributed by atoms with van der Waals surface area (Å²) in [7, 11) is -0.166. The maximum Gasteiger partial charge on any atom is 0.281 e. The summed E-state index contributed by atoms with van der Waals surface area (Å²) in [6.45, 7) is 2.67. The lowest BCUT2D eigenvalue weighted by atomic mass is 9.95. The first-order valence-electron chi connectivity index (χ1n) is 9.04. The largest absolute Gasteiger partial charge is 0.425 e. The summed E-state index contributed by atoms with van der Waals surface area (Å²) in [5.74, 6) is 2.03. The van der Waals surface area contributed by atoms with Crippen molar-refractivity contribution in [3.8, 4) is 0 Å². The highest BCUT2D eigenvalue weighted by atomic mass is 32.2. The van der Waals surface area contributed by atoms with Gasteiger partial charge >= 0.3 is 0 Å². The molecule has 142 valence electrons. The quantitative estimate of drug-likeness (QED) is 0.750. The van der Waals surface area contributed by atoms with E-state index in [-0.39, 0.29) is 0 Å². The van der Waals surface area contributed by atoms with Crippen LogP contribution in [0.1, 0.15) is 49.8 Å². The van der Waals surface area contributed by atoms with Crippen LogP contribution in [0.4, 0.5) is 0 Å². The van der Waals surface area contributed by atoms with Gasteiger partial charge in [0.25, 0.3) is 10.2 Å². The van der Waals surface area contributed by atoms with E-state index in [0.29, 0.717) is 37.2 Å². The molecule has 3 heterocycles. The van der Waals surface area contributed by atoms with Gasteiger partial charge in [-0.05, 0) is 38.0 Å². The fourth-order valence-electron chi connectivity index (χ4n) is 3.51. The smallest absolute Gasteiger partial charge is 0.281 e. The van der Waals surface area contributed by atoms with Gasteiger partial charge in [0.05, 0.1) is 0 Å². The fraction of sp³-hybridized carbons (Fsp3) is 0.875. The van der Waals surface area contributed by atoms with Crippen molar-refractivity contribution in [2.45, 2.75) is 44.4 Å². The number of aryl methyl sites for hydroxylation is 1. The van der Waals surface area contributed by atoms with Crippen molar-refractivity contribution in [1.82, 2.24) is 18.8 Å². The number of hydrogen-bond donors (Lipinski definition) is 0. The van der Waals surface area contributed by atoms with Crippen LogP contribution in [-0.4, -0.2) is 67.6 Å². The predicted octanol–water partition coefficient (Wildman–Crippen LogP) is 1.41. The van der Waals surface area contributed by atoms with Crippen LogP contribution in [0.5, 0.6) is 0 Å². The molecule has 0 radical (unpaired) electrons. The monoisotopic (exact) mass is 372 g/mol. The van der Waals surface area contributed by atoms with Crippen molar-refractivity contribution in [2.24, 2.45) is 5.92 Å². The highest BCUT2D eigenvalue weighted by molar-refractivity contribution is 7.86. The zero-order chi connectivity index (χ0) is 17.9. The number of ether oxygens (including phenoxy) is 1. The van der Waals surface area contributed by atoms with Crippen LogP contribution in [0.3, 0.4) is 0 Å². The molecule has 1 unspecified atom stereocenters. The first-order valence-corrected chi connectivity index (χ1v) is 10.4. The van der Waals surface area contributed by atoms with Crippen LogP contribution in [0.15, 0.2) is 4.42 Å². The minimum absolute atomic E-state index is 0.311. The van der Waals surface area contributed by atoms with Crippen molar-refractivity contribution >= 4 is 10.2 Å². The fourth-order valence-corrected chi connectivity index (χ4v) is 4.73. The third-order valence-corrected chi connectivity index (χ3v) is 7.00. The molecular weight excluding hydrogens is 344 g/mol. The van der Waals surface area contributed by atoms with Crippen LogP contribution in [0.25, 0.3) is 0 Å². The van der Waals surface area contributed by atoms with Crippen LogP contribution in [0, 0.1) is 5.92 Å². The van der Waals surface area contributed by atoms with Crippen molar-refractivity contribution in [3.63, 3.8) is 0 Å². The number of piperidine rings is 1. The van der Waals surface area contributed by atoms with E-state index in [9.17, 15) is 8.42 Å². The molecule has 8 nitrogen and oxygen atoms in total. The van der Waals surface area contributed by atoms with Crippen molar-refractivity contribution < 1.29 is 17.6 Å². The Bertz CT molecular complexity index is 655. The molecule has 3 rings (SSSR count). The normalized spacial score (nSPS) is 24.0. The van der Waals surface area contributed by atoms with Gasteiger partial charge in [-0.25, -0.2) is 0 Å². The third kappa shape index (κ3) is 4.58. The molecule has 2 aliphatic rings. The van der Waals surface area contributed by atoms with Crippen LogP contribution < -0.4 is 0 Å². The SMILES string of the molecule is CN(C)S(=O)(=O)N1CCCC(CCc2nnc(C3CCOCC3)o2)C1. The average molecular weight is 372 g/mol. The Balaban J connectivity index is 1.52. The molecule has 0 aliphatic carbocycles. The molecule has 25 heavy (non-hydrogen) atoms. The molecule has 0 bridgehead atoms. The van der Waals surface area contributed by atoms with Gasteiger partial charge in [-0.15, -0.1) is 10.2 Å². The van der Waals surface area contributed by atoms with Gasteiger partial charge in [0.15, 0.2) is 0 Å². The van der Waals surface area contributed by atoms with E-state index in [1.807, 2.05) is 0 Å². The maximum absolute atomic E-state index is 12.3. The van der Waals surface area contributed by atoms with Gasteiger partial charge in [0.2, 0.25) is 11.8 Å². The molecule has 2 saturated heterocycles. The minimum Gasteiger partial charge on any atom is -0.425 e. The second kappa shape index (κ2) is 8.11. The van der Waals surface area contributed by atoms with Gasteiger partial charge in [0.1, 0.15) is 0 Å². The van der Waals surface area contributed by atoms with Crippen LogP contribution in [-0.2, 0) is 21.4 Å². The van der Waals surface area contributed by atoms with Crippen molar-refractivity contribution in [2.75, 3.05) is 40.4 Å². The Morgan fingerprint density at radius 3 is 2.68 bits per heavy atom. The Morgan fingerprint density at radius 2 is 1.96 bits per heavy atom. The second-order valence-corrected chi connectivity index (χ2v) is 9.26. The highest BCUT2D eigenvalue weighted by Gasteiger charge is 2.30. The predicted molar refractivity (Wildman–Crippen MR) is 92.3 cm³/mol. The molecule has 1 aromatic rings. The van der Waals surface area contributed by atoms with Crippen molar-refractivity contribution in [3.05, 3.63) is 11.8 Å². The number of aromatic nitrogens is 2. The zero-order valence-corrected chi connectivity index (χ0v) is 15.9. The summed E-state index contributed by atoms with van der Waals surface area (Å²) in [6.07, 6.45) is 5.38. The van der Waals surface area contributed by atoms with Gasteiger partial charge in [0, 0.05) is 52.7 Å². The Kier molecular flexibility index (Phi) is 6.08. The molecule has 2 fully saturated rings. The maximum atomic E-state index is 12.3. The van der Waals surface area contributed by atoms with Crippen LogP contribution >= 0.6 is 0 Å². The average Bonchev–Trinajstić information content (AvgIpc) is 3.10. The number of rotatable bonds is 6. The number of nitrogens with zero attached hydrogens (tertiary/aromatic N) is 4. The van der Waals surface area contributed by atoms with E-state index in [1.165, 1.54) is 4.31 Å². The van der Waals surface area contributed by atoms with Gasteiger partial charge < -0.3 is 9.15 Å². The summed E-state index contributed by atoms with van der Waals surface area (Å²) >= 11 is 0. The Morgan fingerprint density at radius 1 is 1.20 bits per heavy atom. The molecule has 0 aromatic carbocycles. The standard InChI is InChI=1S/C16H28N4O4S/c1-19(2)25(21,22)20-9-3-4-13(12-20)5-6-15-17-18-16(24-15)14-7-10-23-11-8-14/h13-14H,3-12H2,1-2H3. The molecule has 0 spiro atoms. The van der Waals surface area contributed by atoms with E-state index in [4.69, 9.17) is 9.15 Å². The summed E-state index contributed by atoms with van der Waals surface area (Å²) in [5.41, 5.74) is 0. The van der Waals surface area contributed by atoms with Gasteiger partial charge in [-0.1, -0.05) is 0 Å². The highest BCUT2D eigenvalue weighted by Crippen LogP contribution is 2.27. The van der Waals surface area contributed by atoms with E-state index in [1.54, 1.807) is 18.4 Å². The summed E-state index contributed by atoms with van der Waals surface area (Å²) in [6, 6.07) is 0. The lowest BCUT2D eigenvalue weighted by Crippen LogP contribution is -2.45. The zero-order valence-electron chi connectivity index (χ0n) is 15.1. The molecule has 0 saturated carbocycles. The lowest BCUT2D eigenvalue weighted by Gasteiger charge is -2.33. The Labute approximate surface area is 149 Å². The third-order valence-electron chi connectivity index (χ3n) is 5.09. The van der Waals surface area contributed by atoms with Crippen LogP contribution in [0.2, 0.25) is 0 Å². The first kappa shape index (κ1) is 18.8. The molecular formula is C16H28N4O4S. The topological polar surface area (TPSA) is 88.8 Å². The summed E-state index contributed by atoms with van der Waals surface area (Å²) in [4.78, 5) is 0. The van der Waals surface area contributed by atoms with E-state index < -0.39 is 10.2 Å².